The predicted octanol–water partition coefficient (Wildman–Crippen LogP) is 1.12. The molecule has 3 heteroatoms. The molecule has 0 rings (SSSR count). The SMILES string of the molecule is CC(C)CC(CO)CC(=O)O. The Morgan fingerprint density at radius 3 is 2.27 bits per heavy atom. The fourth-order valence-electron chi connectivity index (χ4n) is 1.14. The molecule has 0 aliphatic heterocycles. The van der Waals surface area contributed by atoms with Crippen molar-refractivity contribution in [2.45, 2.75) is 26.7 Å². The lowest BCUT2D eigenvalue weighted by atomic mass is 9.95. The fourth-order valence-corrected chi connectivity index (χ4v) is 1.14. The van der Waals surface area contributed by atoms with E-state index in [0.717, 1.165) is 6.42 Å². The summed E-state index contributed by atoms with van der Waals surface area (Å²) >= 11 is 0. The maximum atomic E-state index is 10.2. The van der Waals surface area contributed by atoms with E-state index in [0.29, 0.717) is 5.92 Å². The van der Waals surface area contributed by atoms with Crippen LogP contribution in [0.15, 0.2) is 0 Å². The van der Waals surface area contributed by atoms with Crippen molar-refractivity contribution in [2.75, 3.05) is 6.61 Å². The van der Waals surface area contributed by atoms with Gasteiger partial charge in [-0.25, -0.2) is 0 Å². The predicted molar refractivity (Wildman–Crippen MR) is 42.3 cm³/mol. The first-order valence-electron chi connectivity index (χ1n) is 3.89. The second-order valence-electron chi connectivity index (χ2n) is 3.28. The maximum Gasteiger partial charge on any atom is 0.303 e. The molecule has 2 N–H and O–H groups in total. The van der Waals surface area contributed by atoms with Crippen molar-refractivity contribution in [3.63, 3.8) is 0 Å². The standard InChI is InChI=1S/C8H16O3/c1-6(2)3-7(5-9)4-8(10)11/h6-7,9H,3-5H2,1-2H3,(H,10,11). The minimum absolute atomic E-state index is 0.0233. The summed E-state index contributed by atoms with van der Waals surface area (Å²) in [6.45, 7) is 4.01. The largest absolute Gasteiger partial charge is 0.481 e. The zero-order valence-electron chi connectivity index (χ0n) is 7.08. The molecule has 0 aliphatic carbocycles. The van der Waals surface area contributed by atoms with Gasteiger partial charge in [-0.3, -0.25) is 4.79 Å². The maximum absolute atomic E-state index is 10.2. The highest BCUT2D eigenvalue weighted by Crippen LogP contribution is 2.14. The van der Waals surface area contributed by atoms with Gasteiger partial charge in [0.2, 0.25) is 0 Å². The van der Waals surface area contributed by atoms with Gasteiger partial charge in [-0.1, -0.05) is 13.8 Å². The van der Waals surface area contributed by atoms with Crippen LogP contribution >= 0.6 is 0 Å². The molecule has 0 radical (unpaired) electrons. The van der Waals surface area contributed by atoms with Crippen LogP contribution in [0.1, 0.15) is 26.7 Å². The zero-order valence-corrected chi connectivity index (χ0v) is 7.08. The van der Waals surface area contributed by atoms with Crippen LogP contribution < -0.4 is 0 Å². The van der Waals surface area contributed by atoms with Crippen molar-refractivity contribution in [2.24, 2.45) is 11.8 Å². The first-order valence-corrected chi connectivity index (χ1v) is 3.89. The molecular weight excluding hydrogens is 144 g/mol. The van der Waals surface area contributed by atoms with Crippen molar-refractivity contribution in [3.05, 3.63) is 0 Å². The zero-order chi connectivity index (χ0) is 8.85. The molecule has 1 unspecified atom stereocenters. The highest BCUT2D eigenvalue weighted by molar-refractivity contribution is 5.67. The molecular formula is C8H16O3. The number of aliphatic carboxylic acids is 1. The van der Waals surface area contributed by atoms with Crippen LogP contribution in [0.25, 0.3) is 0 Å². The molecule has 0 saturated carbocycles. The first kappa shape index (κ1) is 10.4. The minimum atomic E-state index is -0.829. The lowest BCUT2D eigenvalue weighted by molar-refractivity contribution is -0.138. The van der Waals surface area contributed by atoms with Gasteiger partial charge in [-0.2, -0.15) is 0 Å². The molecule has 0 spiro atoms. The van der Waals surface area contributed by atoms with E-state index in [4.69, 9.17) is 10.2 Å². The lowest BCUT2D eigenvalue weighted by Crippen LogP contribution is -2.14. The van der Waals surface area contributed by atoms with Gasteiger partial charge < -0.3 is 10.2 Å². The smallest absolute Gasteiger partial charge is 0.303 e. The monoisotopic (exact) mass is 160 g/mol. The second-order valence-corrected chi connectivity index (χ2v) is 3.28. The van der Waals surface area contributed by atoms with Crippen LogP contribution in [-0.2, 0) is 4.79 Å². The number of hydrogen-bond donors (Lipinski definition) is 2. The summed E-state index contributed by atoms with van der Waals surface area (Å²) in [5.74, 6) is -0.455. The van der Waals surface area contributed by atoms with Crippen LogP contribution in [0, 0.1) is 11.8 Å². The van der Waals surface area contributed by atoms with Crippen molar-refractivity contribution < 1.29 is 15.0 Å². The molecule has 0 aromatic rings. The van der Waals surface area contributed by atoms with E-state index < -0.39 is 5.97 Å². The molecule has 0 bridgehead atoms. The first-order chi connectivity index (χ1) is 5.06. The third kappa shape index (κ3) is 5.85. The van der Waals surface area contributed by atoms with Crippen molar-refractivity contribution >= 4 is 5.97 Å². The molecule has 0 heterocycles. The van der Waals surface area contributed by atoms with E-state index in [1.54, 1.807) is 0 Å². The summed E-state index contributed by atoms with van der Waals surface area (Å²) in [4.78, 5) is 10.2. The van der Waals surface area contributed by atoms with Gasteiger partial charge in [0.15, 0.2) is 0 Å². The van der Waals surface area contributed by atoms with Gasteiger partial charge in [-0.05, 0) is 18.3 Å². The van der Waals surface area contributed by atoms with Gasteiger partial charge in [0, 0.05) is 6.61 Å². The number of carboxylic acids is 1. The number of rotatable bonds is 5. The Balaban J connectivity index is 3.66. The van der Waals surface area contributed by atoms with Gasteiger partial charge in [0.1, 0.15) is 0 Å². The second kappa shape index (κ2) is 5.13. The highest BCUT2D eigenvalue weighted by atomic mass is 16.4. The van der Waals surface area contributed by atoms with Crippen molar-refractivity contribution in [1.82, 2.24) is 0 Å². The summed E-state index contributed by atoms with van der Waals surface area (Å²) in [6, 6.07) is 0. The van der Waals surface area contributed by atoms with E-state index in [9.17, 15) is 4.79 Å². The lowest BCUT2D eigenvalue weighted by Gasteiger charge is -2.13. The Labute approximate surface area is 67.0 Å². The van der Waals surface area contributed by atoms with E-state index in [2.05, 4.69) is 0 Å². The Kier molecular flexibility index (Phi) is 4.86. The van der Waals surface area contributed by atoms with Gasteiger partial charge >= 0.3 is 5.97 Å². The topological polar surface area (TPSA) is 57.5 Å². The molecule has 0 fully saturated rings. The minimum Gasteiger partial charge on any atom is -0.481 e. The van der Waals surface area contributed by atoms with Crippen LogP contribution in [0.2, 0.25) is 0 Å². The third-order valence-electron chi connectivity index (χ3n) is 1.53. The molecule has 1 atom stereocenters. The average molecular weight is 160 g/mol. The Morgan fingerprint density at radius 1 is 1.45 bits per heavy atom. The normalized spacial score (nSPS) is 13.5. The third-order valence-corrected chi connectivity index (χ3v) is 1.53. The summed E-state index contributed by atoms with van der Waals surface area (Å²) in [6.07, 6.45) is 0.859. The molecule has 0 saturated heterocycles. The van der Waals surface area contributed by atoms with Crippen molar-refractivity contribution in [1.29, 1.82) is 0 Å². The molecule has 11 heavy (non-hydrogen) atoms. The van der Waals surface area contributed by atoms with Crippen LogP contribution in [0.5, 0.6) is 0 Å². The summed E-state index contributed by atoms with van der Waals surface area (Å²) in [7, 11) is 0. The van der Waals surface area contributed by atoms with E-state index in [1.165, 1.54) is 0 Å². The highest BCUT2D eigenvalue weighted by Gasteiger charge is 2.13. The summed E-state index contributed by atoms with van der Waals surface area (Å²) in [5, 5.41) is 17.2. The van der Waals surface area contributed by atoms with Gasteiger partial charge in [0.25, 0.3) is 0 Å². The molecule has 66 valence electrons. The molecule has 3 nitrogen and oxygen atoms in total. The van der Waals surface area contributed by atoms with Crippen LogP contribution in [0.4, 0.5) is 0 Å². The molecule has 0 aromatic carbocycles. The number of aliphatic hydroxyl groups is 1. The van der Waals surface area contributed by atoms with Gasteiger partial charge in [-0.15, -0.1) is 0 Å². The number of aliphatic hydroxyl groups excluding tert-OH is 1. The molecule has 0 aromatic heterocycles. The summed E-state index contributed by atoms with van der Waals surface area (Å²) < 4.78 is 0. The molecule has 0 aliphatic rings. The van der Waals surface area contributed by atoms with E-state index >= 15 is 0 Å². The quantitative estimate of drug-likeness (QED) is 0.633. The fraction of sp³-hybridized carbons (Fsp3) is 0.875. The number of carboxylic acid groups (broad SMARTS) is 1. The Bertz CT molecular complexity index is 121. The van der Waals surface area contributed by atoms with Crippen LogP contribution in [-0.4, -0.2) is 22.8 Å². The van der Waals surface area contributed by atoms with Crippen molar-refractivity contribution in [3.8, 4) is 0 Å². The number of hydrogen-bond acceptors (Lipinski definition) is 2. The Morgan fingerprint density at radius 2 is 2.00 bits per heavy atom. The molecule has 0 amide bonds. The Hall–Kier alpha value is -0.570. The summed E-state index contributed by atoms with van der Waals surface area (Å²) in [5.41, 5.74) is 0. The number of carbonyl (C=O) groups is 1. The van der Waals surface area contributed by atoms with Gasteiger partial charge in [0.05, 0.1) is 6.42 Å². The average Bonchev–Trinajstić information content (AvgIpc) is 1.84. The van der Waals surface area contributed by atoms with E-state index in [-0.39, 0.29) is 18.9 Å². The van der Waals surface area contributed by atoms with E-state index in [1.807, 2.05) is 13.8 Å². The van der Waals surface area contributed by atoms with Crippen LogP contribution in [0.3, 0.4) is 0 Å².